The fourth-order valence-electron chi connectivity index (χ4n) is 1.46. The third kappa shape index (κ3) is 2.69. The lowest BCUT2D eigenvalue weighted by Gasteiger charge is -2.08. The molecular weight excluding hydrogens is 219 g/mol. The Morgan fingerprint density at radius 3 is 2.76 bits per heavy atom. The van der Waals surface area contributed by atoms with Gasteiger partial charge in [-0.2, -0.15) is 0 Å². The van der Waals surface area contributed by atoms with Gasteiger partial charge in [0.2, 0.25) is 0 Å². The maximum Gasteiger partial charge on any atom is 0.150 e. The molecular formula is C14H11FO2. The monoisotopic (exact) mass is 230 g/mol. The molecule has 0 bridgehead atoms. The molecule has 0 aromatic heterocycles. The third-order valence-corrected chi connectivity index (χ3v) is 2.37. The van der Waals surface area contributed by atoms with Crippen molar-refractivity contribution in [2.24, 2.45) is 0 Å². The highest BCUT2D eigenvalue weighted by Gasteiger charge is 2.03. The number of hydrogen-bond donors (Lipinski definition) is 0. The van der Waals surface area contributed by atoms with E-state index in [4.69, 9.17) is 4.74 Å². The van der Waals surface area contributed by atoms with Gasteiger partial charge in [0.15, 0.2) is 0 Å². The molecule has 0 N–H and O–H groups in total. The largest absolute Gasteiger partial charge is 0.457 e. The zero-order valence-corrected chi connectivity index (χ0v) is 9.31. The van der Waals surface area contributed by atoms with E-state index >= 15 is 0 Å². The summed E-state index contributed by atoms with van der Waals surface area (Å²) < 4.78 is 18.6. The molecule has 0 unspecified atom stereocenters. The number of aldehydes is 1. The summed E-state index contributed by atoms with van der Waals surface area (Å²) in [5.41, 5.74) is 1.36. The molecule has 3 heteroatoms. The van der Waals surface area contributed by atoms with Gasteiger partial charge in [-0.3, -0.25) is 4.79 Å². The highest BCUT2D eigenvalue weighted by molar-refractivity contribution is 5.75. The van der Waals surface area contributed by atoms with E-state index < -0.39 is 0 Å². The van der Waals surface area contributed by atoms with E-state index in [1.165, 1.54) is 12.1 Å². The van der Waals surface area contributed by atoms with Gasteiger partial charge in [-0.15, -0.1) is 0 Å². The van der Waals surface area contributed by atoms with Crippen LogP contribution in [0.4, 0.5) is 4.39 Å². The molecule has 17 heavy (non-hydrogen) atoms. The minimum Gasteiger partial charge on any atom is -0.457 e. The van der Waals surface area contributed by atoms with Gasteiger partial charge in [-0.25, -0.2) is 4.39 Å². The van der Waals surface area contributed by atoms with Crippen molar-refractivity contribution in [3.8, 4) is 11.5 Å². The summed E-state index contributed by atoms with van der Waals surface area (Å²) in [5.74, 6) is 0.619. The van der Waals surface area contributed by atoms with Crippen molar-refractivity contribution >= 4 is 6.29 Å². The van der Waals surface area contributed by atoms with Crippen LogP contribution in [0.15, 0.2) is 42.5 Å². The first-order valence-electron chi connectivity index (χ1n) is 5.18. The third-order valence-electron chi connectivity index (χ3n) is 2.37. The summed E-state index contributed by atoms with van der Waals surface area (Å²) in [6.45, 7) is 1.83. The highest BCUT2D eigenvalue weighted by atomic mass is 19.1. The molecule has 0 amide bonds. The molecule has 0 aliphatic carbocycles. The first-order valence-corrected chi connectivity index (χ1v) is 5.18. The molecule has 0 aliphatic heterocycles. The average molecular weight is 230 g/mol. The van der Waals surface area contributed by atoms with Crippen molar-refractivity contribution in [2.75, 3.05) is 0 Å². The summed E-state index contributed by atoms with van der Waals surface area (Å²) >= 11 is 0. The van der Waals surface area contributed by atoms with E-state index in [1.54, 1.807) is 30.3 Å². The minimum atomic E-state index is -0.350. The molecule has 2 aromatic rings. The standard InChI is InChI=1S/C14H11FO2/c1-10-5-6-12(15)8-14(10)17-13-4-2-3-11(7-13)9-16/h2-9H,1H3. The molecule has 0 spiro atoms. The Balaban J connectivity index is 2.30. The van der Waals surface area contributed by atoms with E-state index in [-0.39, 0.29) is 5.82 Å². The Kier molecular flexibility index (Phi) is 3.19. The van der Waals surface area contributed by atoms with E-state index in [9.17, 15) is 9.18 Å². The SMILES string of the molecule is Cc1ccc(F)cc1Oc1cccc(C=O)c1. The Morgan fingerprint density at radius 1 is 1.18 bits per heavy atom. The first kappa shape index (κ1) is 11.3. The fraction of sp³-hybridized carbons (Fsp3) is 0.0714. The molecule has 2 rings (SSSR count). The topological polar surface area (TPSA) is 26.3 Å². The van der Waals surface area contributed by atoms with Gasteiger partial charge in [0.1, 0.15) is 23.6 Å². The predicted octanol–water partition coefficient (Wildman–Crippen LogP) is 3.74. The van der Waals surface area contributed by atoms with Crippen LogP contribution in [0.5, 0.6) is 11.5 Å². The molecule has 0 saturated heterocycles. The van der Waals surface area contributed by atoms with Crippen LogP contribution >= 0.6 is 0 Å². The van der Waals surface area contributed by atoms with Crippen LogP contribution in [-0.2, 0) is 0 Å². The molecule has 2 aromatic carbocycles. The number of ether oxygens (including phenoxy) is 1. The molecule has 0 saturated carbocycles. The highest BCUT2D eigenvalue weighted by Crippen LogP contribution is 2.25. The normalized spacial score (nSPS) is 10.0. The van der Waals surface area contributed by atoms with Crippen LogP contribution < -0.4 is 4.74 Å². The maximum absolute atomic E-state index is 13.1. The smallest absolute Gasteiger partial charge is 0.150 e. The van der Waals surface area contributed by atoms with E-state index in [0.29, 0.717) is 17.1 Å². The fourth-order valence-corrected chi connectivity index (χ4v) is 1.46. The number of carbonyl (C=O) groups is 1. The van der Waals surface area contributed by atoms with E-state index in [2.05, 4.69) is 0 Å². The number of halogens is 1. The van der Waals surface area contributed by atoms with Gasteiger partial charge in [0, 0.05) is 11.6 Å². The Morgan fingerprint density at radius 2 is 2.00 bits per heavy atom. The van der Waals surface area contributed by atoms with E-state index in [0.717, 1.165) is 11.8 Å². The van der Waals surface area contributed by atoms with Crippen molar-refractivity contribution < 1.29 is 13.9 Å². The van der Waals surface area contributed by atoms with Crippen LogP contribution in [-0.4, -0.2) is 6.29 Å². The van der Waals surface area contributed by atoms with Gasteiger partial charge in [0.05, 0.1) is 0 Å². The number of rotatable bonds is 3. The van der Waals surface area contributed by atoms with Crippen molar-refractivity contribution in [3.05, 3.63) is 59.4 Å². The van der Waals surface area contributed by atoms with Gasteiger partial charge in [0.25, 0.3) is 0 Å². The Labute approximate surface area is 98.7 Å². The molecule has 2 nitrogen and oxygen atoms in total. The molecule has 0 heterocycles. The van der Waals surface area contributed by atoms with Crippen LogP contribution in [0.2, 0.25) is 0 Å². The van der Waals surface area contributed by atoms with Gasteiger partial charge < -0.3 is 4.74 Å². The summed E-state index contributed by atoms with van der Waals surface area (Å²) in [7, 11) is 0. The maximum atomic E-state index is 13.1. The van der Waals surface area contributed by atoms with Crippen LogP contribution in [0.1, 0.15) is 15.9 Å². The second-order valence-electron chi connectivity index (χ2n) is 3.70. The second kappa shape index (κ2) is 4.78. The molecule has 86 valence electrons. The molecule has 0 radical (unpaired) electrons. The number of carbonyl (C=O) groups excluding carboxylic acids is 1. The second-order valence-corrected chi connectivity index (χ2v) is 3.70. The predicted molar refractivity (Wildman–Crippen MR) is 63.0 cm³/mol. The van der Waals surface area contributed by atoms with Crippen LogP contribution in [0.25, 0.3) is 0 Å². The molecule has 0 atom stereocenters. The number of hydrogen-bond acceptors (Lipinski definition) is 2. The van der Waals surface area contributed by atoms with Crippen molar-refractivity contribution in [1.29, 1.82) is 0 Å². The van der Waals surface area contributed by atoms with Crippen LogP contribution in [0.3, 0.4) is 0 Å². The summed E-state index contributed by atoms with van der Waals surface area (Å²) in [6, 6.07) is 11.1. The molecule has 0 fully saturated rings. The lowest BCUT2D eigenvalue weighted by molar-refractivity contribution is 0.112. The van der Waals surface area contributed by atoms with Gasteiger partial charge in [-0.05, 0) is 30.7 Å². The summed E-state index contributed by atoms with van der Waals surface area (Å²) in [4.78, 5) is 10.6. The van der Waals surface area contributed by atoms with E-state index in [1.807, 2.05) is 6.92 Å². The summed E-state index contributed by atoms with van der Waals surface area (Å²) in [5, 5.41) is 0. The van der Waals surface area contributed by atoms with Crippen molar-refractivity contribution in [3.63, 3.8) is 0 Å². The van der Waals surface area contributed by atoms with Crippen LogP contribution in [0, 0.1) is 12.7 Å². The lowest BCUT2D eigenvalue weighted by atomic mass is 10.2. The average Bonchev–Trinajstić information content (AvgIpc) is 2.34. The zero-order valence-electron chi connectivity index (χ0n) is 9.31. The summed E-state index contributed by atoms with van der Waals surface area (Å²) in [6.07, 6.45) is 0.741. The van der Waals surface area contributed by atoms with Crippen molar-refractivity contribution in [1.82, 2.24) is 0 Å². The number of benzene rings is 2. The minimum absolute atomic E-state index is 0.350. The van der Waals surface area contributed by atoms with Gasteiger partial charge >= 0.3 is 0 Å². The van der Waals surface area contributed by atoms with Gasteiger partial charge in [-0.1, -0.05) is 18.2 Å². The quantitative estimate of drug-likeness (QED) is 0.751. The molecule has 0 aliphatic rings. The zero-order chi connectivity index (χ0) is 12.3. The van der Waals surface area contributed by atoms with Crippen molar-refractivity contribution in [2.45, 2.75) is 6.92 Å². The number of aryl methyl sites for hydroxylation is 1. The first-order chi connectivity index (χ1) is 8.19. The Hall–Kier alpha value is -2.16. The lowest BCUT2D eigenvalue weighted by Crippen LogP contribution is -1.90. The Bertz CT molecular complexity index is 550.